The first kappa shape index (κ1) is 17.1. The number of carbonyl (C=O) groups excluding carboxylic acids is 2. The van der Waals surface area contributed by atoms with Gasteiger partial charge in [0, 0.05) is 18.8 Å². The van der Waals surface area contributed by atoms with Crippen molar-refractivity contribution in [1.29, 1.82) is 0 Å². The lowest BCUT2D eigenvalue weighted by Gasteiger charge is -2.57. The largest absolute Gasteiger partial charge is 0.459 e. The van der Waals surface area contributed by atoms with E-state index >= 15 is 0 Å². The fourth-order valence-corrected chi connectivity index (χ4v) is 6.71. The van der Waals surface area contributed by atoms with Crippen molar-refractivity contribution in [2.75, 3.05) is 0 Å². The van der Waals surface area contributed by atoms with Crippen molar-refractivity contribution < 1.29 is 14.3 Å². The van der Waals surface area contributed by atoms with Crippen molar-refractivity contribution in [2.45, 2.75) is 71.8 Å². The van der Waals surface area contributed by atoms with Crippen LogP contribution >= 0.6 is 0 Å². The van der Waals surface area contributed by atoms with E-state index in [1.54, 1.807) is 0 Å². The summed E-state index contributed by atoms with van der Waals surface area (Å²) >= 11 is 0. The lowest BCUT2D eigenvalue weighted by Crippen LogP contribution is -2.54. The molecule has 136 valence electrons. The smallest absolute Gasteiger partial charge is 0.303 e. The Morgan fingerprint density at radius 2 is 1.84 bits per heavy atom. The summed E-state index contributed by atoms with van der Waals surface area (Å²) < 4.78 is 5.88. The second-order valence-electron chi connectivity index (χ2n) is 9.45. The molecule has 0 aromatic rings. The van der Waals surface area contributed by atoms with Crippen molar-refractivity contribution in [3.05, 3.63) is 23.8 Å². The lowest BCUT2D eigenvalue weighted by molar-refractivity contribution is -0.175. The first-order valence-corrected chi connectivity index (χ1v) is 9.82. The first-order valence-electron chi connectivity index (χ1n) is 9.82. The zero-order chi connectivity index (χ0) is 18.0. The van der Waals surface area contributed by atoms with Gasteiger partial charge in [0.2, 0.25) is 0 Å². The van der Waals surface area contributed by atoms with Crippen molar-refractivity contribution in [3.63, 3.8) is 0 Å². The van der Waals surface area contributed by atoms with Gasteiger partial charge in [0.05, 0.1) is 0 Å². The standard InChI is InChI=1S/C22H30O3/c1-14(23)25-22(4)12-9-19-17-6-5-15-13-16(24)7-10-20(15,2)18(17)8-11-21(19,22)3/h5-6,13,17-19H,7-12H2,1-4H3/t17-,18+,19+,20+,21+,22+/m1/s1. The normalized spacial score (nSPS) is 48.2. The van der Waals surface area contributed by atoms with E-state index in [-0.39, 0.29) is 28.2 Å². The number of hydrogen-bond acceptors (Lipinski definition) is 3. The Morgan fingerprint density at radius 3 is 2.56 bits per heavy atom. The predicted octanol–water partition coefficient (Wildman–Crippen LogP) is 4.62. The first-order chi connectivity index (χ1) is 11.7. The van der Waals surface area contributed by atoms with Crippen LogP contribution in [-0.2, 0) is 14.3 Å². The van der Waals surface area contributed by atoms with Gasteiger partial charge in [-0.25, -0.2) is 0 Å². The molecule has 0 bridgehead atoms. The molecule has 0 amide bonds. The summed E-state index contributed by atoms with van der Waals surface area (Å²) in [6, 6.07) is 0. The van der Waals surface area contributed by atoms with Crippen molar-refractivity contribution >= 4 is 11.8 Å². The molecule has 0 aromatic carbocycles. The quantitative estimate of drug-likeness (QED) is 0.653. The molecule has 0 unspecified atom stereocenters. The summed E-state index contributed by atoms with van der Waals surface area (Å²) in [5.41, 5.74) is 1.08. The minimum Gasteiger partial charge on any atom is -0.459 e. The maximum absolute atomic E-state index is 11.9. The molecule has 25 heavy (non-hydrogen) atoms. The fourth-order valence-electron chi connectivity index (χ4n) is 6.71. The lowest BCUT2D eigenvalue weighted by atomic mass is 9.48. The van der Waals surface area contributed by atoms with Crippen LogP contribution in [0.15, 0.2) is 23.8 Å². The Morgan fingerprint density at radius 1 is 1.12 bits per heavy atom. The number of ketones is 1. The number of esters is 1. The van der Waals surface area contributed by atoms with Crippen LogP contribution in [0.5, 0.6) is 0 Å². The van der Waals surface area contributed by atoms with E-state index in [0.29, 0.717) is 24.2 Å². The topological polar surface area (TPSA) is 43.4 Å². The van der Waals surface area contributed by atoms with Gasteiger partial charge < -0.3 is 4.74 Å². The third kappa shape index (κ3) is 2.23. The van der Waals surface area contributed by atoms with Gasteiger partial charge in [0.15, 0.2) is 5.78 Å². The van der Waals surface area contributed by atoms with E-state index in [9.17, 15) is 9.59 Å². The number of hydrogen-bond donors (Lipinski definition) is 0. The predicted molar refractivity (Wildman–Crippen MR) is 96.8 cm³/mol. The average molecular weight is 342 g/mol. The molecule has 0 spiro atoms. The molecule has 0 aromatic heterocycles. The average Bonchev–Trinajstić information content (AvgIpc) is 2.79. The fraction of sp³-hybridized carbons (Fsp3) is 0.727. The Bertz CT molecular complexity index is 689. The highest BCUT2D eigenvalue weighted by atomic mass is 16.6. The number of fused-ring (bicyclic) bond motifs is 5. The van der Waals surface area contributed by atoms with Crippen LogP contribution < -0.4 is 0 Å². The van der Waals surface area contributed by atoms with Crippen LogP contribution in [0.4, 0.5) is 0 Å². The van der Waals surface area contributed by atoms with Gasteiger partial charge in [0.25, 0.3) is 0 Å². The van der Waals surface area contributed by atoms with Crippen LogP contribution in [0.25, 0.3) is 0 Å². The molecule has 0 heterocycles. The van der Waals surface area contributed by atoms with E-state index in [1.807, 2.05) is 6.08 Å². The van der Waals surface area contributed by atoms with Gasteiger partial charge in [0.1, 0.15) is 5.60 Å². The third-order valence-electron chi connectivity index (χ3n) is 8.41. The molecule has 0 saturated heterocycles. The van der Waals surface area contributed by atoms with Gasteiger partial charge in [-0.2, -0.15) is 0 Å². The third-order valence-corrected chi connectivity index (χ3v) is 8.41. The van der Waals surface area contributed by atoms with Gasteiger partial charge in [-0.1, -0.05) is 26.0 Å². The van der Waals surface area contributed by atoms with Gasteiger partial charge >= 0.3 is 5.97 Å². The molecular formula is C22H30O3. The molecule has 4 aliphatic carbocycles. The summed E-state index contributed by atoms with van der Waals surface area (Å²) in [7, 11) is 0. The van der Waals surface area contributed by atoms with Crippen LogP contribution in [0, 0.1) is 28.6 Å². The maximum atomic E-state index is 11.9. The second-order valence-corrected chi connectivity index (χ2v) is 9.45. The molecule has 4 rings (SSSR count). The van der Waals surface area contributed by atoms with Crippen LogP contribution in [0.1, 0.15) is 66.2 Å². The summed E-state index contributed by atoms with van der Waals surface area (Å²) in [4.78, 5) is 23.6. The highest BCUT2D eigenvalue weighted by molar-refractivity contribution is 5.92. The SMILES string of the molecule is CC(=O)O[C@@]1(C)CC[C@H]2[C@@H]3C=CC4=CC(=O)CC[C@]4(C)[C@H]3CC[C@@]21C. The second kappa shape index (κ2) is 5.31. The number of ether oxygens (including phenoxy) is 1. The molecule has 6 atom stereocenters. The molecule has 2 saturated carbocycles. The van der Waals surface area contributed by atoms with E-state index in [1.165, 1.54) is 12.5 Å². The van der Waals surface area contributed by atoms with Gasteiger partial charge in [-0.15, -0.1) is 0 Å². The summed E-state index contributed by atoms with van der Waals surface area (Å²) in [5.74, 6) is 1.82. The van der Waals surface area contributed by atoms with Crippen LogP contribution in [0.2, 0.25) is 0 Å². The van der Waals surface area contributed by atoms with E-state index < -0.39 is 0 Å². The monoisotopic (exact) mass is 342 g/mol. The van der Waals surface area contributed by atoms with E-state index in [0.717, 1.165) is 32.1 Å². The van der Waals surface area contributed by atoms with Crippen LogP contribution in [0.3, 0.4) is 0 Å². The minimum absolute atomic E-state index is 0.0479. The molecular weight excluding hydrogens is 312 g/mol. The van der Waals surface area contributed by atoms with Crippen molar-refractivity contribution in [1.82, 2.24) is 0 Å². The molecule has 0 N–H and O–H groups in total. The van der Waals surface area contributed by atoms with Gasteiger partial charge in [-0.05, 0) is 73.8 Å². The van der Waals surface area contributed by atoms with E-state index in [2.05, 4.69) is 32.9 Å². The van der Waals surface area contributed by atoms with E-state index in [4.69, 9.17) is 4.74 Å². The molecule has 3 heteroatoms. The highest BCUT2D eigenvalue weighted by Gasteiger charge is 2.63. The van der Waals surface area contributed by atoms with Crippen molar-refractivity contribution in [3.8, 4) is 0 Å². The number of rotatable bonds is 1. The molecule has 3 nitrogen and oxygen atoms in total. The Hall–Kier alpha value is -1.38. The zero-order valence-corrected chi connectivity index (χ0v) is 15.9. The molecule has 4 aliphatic rings. The number of allylic oxidation sites excluding steroid dienone is 4. The minimum atomic E-state index is -0.345. The summed E-state index contributed by atoms with van der Waals surface area (Å²) in [6.07, 6.45) is 12.5. The zero-order valence-electron chi connectivity index (χ0n) is 15.9. The van der Waals surface area contributed by atoms with Crippen LogP contribution in [-0.4, -0.2) is 17.4 Å². The van der Waals surface area contributed by atoms with Crippen molar-refractivity contribution in [2.24, 2.45) is 28.6 Å². The van der Waals surface area contributed by atoms with Gasteiger partial charge in [-0.3, -0.25) is 9.59 Å². The Kier molecular flexibility index (Phi) is 3.62. The Balaban J connectivity index is 1.71. The molecule has 0 radical (unpaired) electrons. The number of carbonyl (C=O) groups is 2. The molecule has 0 aliphatic heterocycles. The summed E-state index contributed by atoms with van der Waals surface area (Å²) in [5, 5.41) is 0. The maximum Gasteiger partial charge on any atom is 0.303 e. The summed E-state index contributed by atoms with van der Waals surface area (Å²) in [6.45, 7) is 8.39. The molecule has 2 fully saturated rings. The Labute approximate surface area is 150 Å². The highest BCUT2D eigenvalue weighted by Crippen LogP contribution is 2.66.